The van der Waals surface area contributed by atoms with Gasteiger partial charge in [-0.05, 0) is 55.0 Å². The molecule has 3 amide bonds. The highest BCUT2D eigenvalue weighted by Gasteiger charge is 2.45. The van der Waals surface area contributed by atoms with Gasteiger partial charge in [0.15, 0.2) is 0 Å². The Kier molecular flexibility index (Phi) is 8.94. The number of nitrogens with one attached hydrogen (secondary N) is 2. The van der Waals surface area contributed by atoms with Crippen LogP contribution in [-0.2, 0) is 16.8 Å². The number of carbonyl (C=O) groups excluding carboxylic acids is 3. The van der Waals surface area contributed by atoms with Crippen molar-refractivity contribution < 1.29 is 36.3 Å². The minimum Gasteiger partial charge on any atom is -0.352 e. The molecule has 1 aromatic carbocycles. The summed E-state index contributed by atoms with van der Waals surface area (Å²) in [6.45, 7) is 7.62. The van der Waals surface area contributed by atoms with Crippen molar-refractivity contribution in [2.75, 3.05) is 11.9 Å². The van der Waals surface area contributed by atoms with E-state index in [1.807, 2.05) is 13.8 Å². The van der Waals surface area contributed by atoms with Crippen LogP contribution in [0.2, 0.25) is 0 Å². The molecule has 42 heavy (non-hydrogen) atoms. The normalized spacial score (nSPS) is 20.5. The lowest BCUT2D eigenvalue weighted by Crippen LogP contribution is -2.52. The molecule has 2 aromatic rings. The van der Waals surface area contributed by atoms with Crippen molar-refractivity contribution in [3.05, 3.63) is 58.4 Å². The highest BCUT2D eigenvalue weighted by molar-refractivity contribution is 6.06. The molecule has 4 rings (SSSR count). The number of pyridine rings is 1. The minimum absolute atomic E-state index is 0.00302. The first-order valence-corrected chi connectivity index (χ1v) is 14.0. The number of amides is 3. The van der Waals surface area contributed by atoms with Crippen LogP contribution in [0.15, 0.2) is 30.5 Å². The zero-order chi connectivity index (χ0) is 31.0. The topological polar surface area (TPSA) is 91.4 Å². The van der Waals surface area contributed by atoms with Gasteiger partial charge in [0.2, 0.25) is 5.91 Å². The quantitative estimate of drug-likeness (QED) is 0.363. The summed E-state index contributed by atoms with van der Waals surface area (Å²) in [5.74, 6) is -3.10. The molecule has 0 radical (unpaired) electrons. The maximum absolute atomic E-state index is 13.7. The number of hydrogen-bond acceptors (Lipinski definition) is 4. The zero-order valence-corrected chi connectivity index (χ0v) is 23.9. The van der Waals surface area contributed by atoms with E-state index in [1.165, 1.54) is 18.3 Å². The molecule has 2 heterocycles. The summed E-state index contributed by atoms with van der Waals surface area (Å²) < 4.78 is 67.0. The number of nitrogens with zero attached hydrogens (tertiary/aromatic N) is 2. The predicted molar refractivity (Wildman–Crippen MR) is 146 cm³/mol. The maximum atomic E-state index is 13.7. The number of fused-ring (bicyclic) bond motifs is 1. The number of carbonyl (C=O) groups is 3. The van der Waals surface area contributed by atoms with E-state index in [4.69, 9.17) is 0 Å². The van der Waals surface area contributed by atoms with Gasteiger partial charge in [0.25, 0.3) is 18.2 Å². The van der Waals surface area contributed by atoms with E-state index in [0.29, 0.717) is 17.7 Å². The van der Waals surface area contributed by atoms with Crippen molar-refractivity contribution in [3.63, 3.8) is 0 Å². The van der Waals surface area contributed by atoms with E-state index in [-0.39, 0.29) is 67.3 Å². The minimum atomic E-state index is -4.25. The van der Waals surface area contributed by atoms with Gasteiger partial charge < -0.3 is 15.5 Å². The Morgan fingerprint density at radius 2 is 1.76 bits per heavy atom. The van der Waals surface area contributed by atoms with Crippen LogP contribution >= 0.6 is 0 Å². The molecule has 1 aromatic heterocycles. The first kappa shape index (κ1) is 31.4. The van der Waals surface area contributed by atoms with Crippen LogP contribution in [0.4, 0.5) is 27.6 Å². The Bertz CT molecular complexity index is 1350. The zero-order valence-electron chi connectivity index (χ0n) is 23.9. The standard InChI is InChI=1S/C30H35F5N4O3/c1-16(2)26(40)37-14-17-11-22(24(25(31)32)36-13-17)27(41)38-19-7-10-23-21(12-19)28(42)39(15-29(23,3)4)20-8-5-18(6-9-20)30(33,34)35/h7,10-13,16,18,20,25H,5-6,8-9,14-15H2,1-4H3,(H,37,40)(H,38,41). The van der Waals surface area contributed by atoms with E-state index in [2.05, 4.69) is 15.6 Å². The third kappa shape index (κ3) is 6.73. The van der Waals surface area contributed by atoms with Crippen molar-refractivity contribution >= 4 is 23.4 Å². The van der Waals surface area contributed by atoms with Crippen molar-refractivity contribution in [2.24, 2.45) is 11.8 Å². The maximum Gasteiger partial charge on any atom is 0.391 e. The third-order valence-corrected chi connectivity index (χ3v) is 8.08. The van der Waals surface area contributed by atoms with Gasteiger partial charge in [-0.15, -0.1) is 0 Å². The lowest BCUT2D eigenvalue weighted by atomic mass is 9.76. The molecule has 228 valence electrons. The number of aromatic nitrogens is 1. The summed E-state index contributed by atoms with van der Waals surface area (Å²) in [5, 5.41) is 5.24. The second-order valence-corrected chi connectivity index (χ2v) is 12.0. The number of hydrogen-bond donors (Lipinski definition) is 2. The largest absolute Gasteiger partial charge is 0.391 e. The van der Waals surface area contributed by atoms with Gasteiger partial charge in [-0.1, -0.05) is 33.8 Å². The van der Waals surface area contributed by atoms with Crippen LogP contribution in [-0.4, -0.2) is 46.4 Å². The summed E-state index contributed by atoms with van der Waals surface area (Å²) in [5.41, 5.74) is -0.00584. The molecule has 0 spiro atoms. The van der Waals surface area contributed by atoms with Crippen molar-refractivity contribution in [1.82, 2.24) is 15.2 Å². The van der Waals surface area contributed by atoms with Gasteiger partial charge in [-0.2, -0.15) is 13.2 Å². The third-order valence-electron chi connectivity index (χ3n) is 8.08. The Balaban J connectivity index is 1.56. The molecule has 0 unspecified atom stereocenters. The molecular weight excluding hydrogens is 559 g/mol. The fraction of sp³-hybridized carbons (Fsp3) is 0.533. The summed E-state index contributed by atoms with van der Waals surface area (Å²) in [4.78, 5) is 44.1. The van der Waals surface area contributed by atoms with Crippen LogP contribution in [0.25, 0.3) is 0 Å². The van der Waals surface area contributed by atoms with Gasteiger partial charge in [0.1, 0.15) is 5.69 Å². The molecule has 1 saturated carbocycles. The molecule has 7 nitrogen and oxygen atoms in total. The molecule has 2 N–H and O–H groups in total. The van der Waals surface area contributed by atoms with Gasteiger partial charge in [0, 0.05) is 47.9 Å². The average molecular weight is 595 g/mol. The molecule has 1 fully saturated rings. The SMILES string of the molecule is CC(C)C(=O)NCc1cnc(C(F)F)c(C(=O)Nc2ccc3c(c2)C(=O)N(C2CCC(C(F)(F)F)CC2)CC3(C)C)c1. The summed E-state index contributed by atoms with van der Waals surface area (Å²) in [7, 11) is 0. The Morgan fingerprint density at radius 3 is 2.36 bits per heavy atom. The van der Waals surface area contributed by atoms with Crippen LogP contribution in [0.3, 0.4) is 0 Å². The first-order valence-electron chi connectivity index (χ1n) is 14.0. The van der Waals surface area contributed by atoms with E-state index in [1.54, 1.807) is 30.9 Å². The molecule has 1 aliphatic heterocycles. The van der Waals surface area contributed by atoms with Crippen LogP contribution in [0, 0.1) is 11.8 Å². The van der Waals surface area contributed by atoms with Crippen molar-refractivity contribution in [2.45, 2.75) is 84.0 Å². The van der Waals surface area contributed by atoms with Crippen molar-refractivity contribution in [1.29, 1.82) is 0 Å². The second kappa shape index (κ2) is 12.0. The van der Waals surface area contributed by atoms with Crippen LogP contribution in [0.5, 0.6) is 0 Å². The molecule has 0 saturated heterocycles. The van der Waals surface area contributed by atoms with E-state index >= 15 is 0 Å². The van der Waals surface area contributed by atoms with E-state index in [0.717, 1.165) is 5.56 Å². The monoisotopic (exact) mass is 594 g/mol. The summed E-state index contributed by atoms with van der Waals surface area (Å²) in [6.07, 6.45) is -5.70. The highest BCUT2D eigenvalue weighted by Crippen LogP contribution is 2.42. The highest BCUT2D eigenvalue weighted by atomic mass is 19.4. The molecule has 2 aliphatic rings. The smallest absolute Gasteiger partial charge is 0.352 e. The van der Waals surface area contributed by atoms with Crippen LogP contribution < -0.4 is 10.6 Å². The van der Waals surface area contributed by atoms with Gasteiger partial charge in [-0.3, -0.25) is 19.4 Å². The molecule has 1 aliphatic carbocycles. The van der Waals surface area contributed by atoms with Crippen LogP contribution in [0.1, 0.15) is 97.3 Å². The molecule has 0 bridgehead atoms. The summed E-state index contributed by atoms with van der Waals surface area (Å²) in [6, 6.07) is 5.67. The fourth-order valence-electron chi connectivity index (χ4n) is 5.70. The second-order valence-electron chi connectivity index (χ2n) is 12.0. The number of halogens is 5. The lowest BCUT2D eigenvalue weighted by Gasteiger charge is -2.45. The van der Waals surface area contributed by atoms with Crippen molar-refractivity contribution in [3.8, 4) is 0 Å². The molecule has 12 heteroatoms. The fourth-order valence-corrected chi connectivity index (χ4v) is 5.70. The molecular formula is C30H35F5N4O3. The predicted octanol–water partition coefficient (Wildman–Crippen LogP) is 6.40. The van der Waals surface area contributed by atoms with Gasteiger partial charge in [-0.25, -0.2) is 8.78 Å². The number of alkyl halides is 5. The molecule has 0 atom stereocenters. The Hall–Kier alpha value is -3.57. The Morgan fingerprint density at radius 1 is 1.10 bits per heavy atom. The van der Waals surface area contributed by atoms with E-state index < -0.39 is 35.5 Å². The van der Waals surface area contributed by atoms with Gasteiger partial charge in [0.05, 0.1) is 11.5 Å². The van der Waals surface area contributed by atoms with Gasteiger partial charge >= 0.3 is 6.18 Å². The van der Waals surface area contributed by atoms with E-state index in [9.17, 15) is 36.3 Å². The number of benzene rings is 1. The summed E-state index contributed by atoms with van der Waals surface area (Å²) >= 11 is 0. The lowest BCUT2D eigenvalue weighted by molar-refractivity contribution is -0.184. The number of anilines is 1. The number of rotatable bonds is 7. The average Bonchev–Trinajstić information content (AvgIpc) is 2.93. The Labute approximate surface area is 241 Å². The first-order chi connectivity index (χ1) is 19.6.